The summed E-state index contributed by atoms with van der Waals surface area (Å²) in [6, 6.07) is 8.52. The van der Waals surface area contributed by atoms with Gasteiger partial charge in [-0.3, -0.25) is 4.90 Å². The van der Waals surface area contributed by atoms with E-state index in [1.807, 2.05) is 24.3 Å². The Kier molecular flexibility index (Phi) is 4.84. The van der Waals surface area contributed by atoms with Gasteiger partial charge in [0.05, 0.1) is 0 Å². The monoisotopic (exact) mass is 276 g/mol. The van der Waals surface area contributed by atoms with Crippen LogP contribution >= 0.6 is 0 Å². The summed E-state index contributed by atoms with van der Waals surface area (Å²) in [4.78, 5) is 4.93. The molecule has 2 rings (SSSR count). The summed E-state index contributed by atoms with van der Waals surface area (Å²) in [7, 11) is 0. The van der Waals surface area contributed by atoms with Crippen LogP contribution in [0.15, 0.2) is 29.4 Å². The van der Waals surface area contributed by atoms with Crippen molar-refractivity contribution in [3.05, 3.63) is 29.8 Å². The molecule has 0 bridgehead atoms. The highest BCUT2D eigenvalue weighted by molar-refractivity contribution is 5.97. The highest BCUT2D eigenvalue weighted by Crippen LogP contribution is 2.18. The number of piperazine rings is 1. The molecule has 1 aliphatic heterocycles. The number of hydrogen-bond donors (Lipinski definition) is 2. The van der Waals surface area contributed by atoms with Gasteiger partial charge < -0.3 is 15.8 Å². The molecule has 0 amide bonds. The van der Waals surface area contributed by atoms with E-state index in [1.54, 1.807) is 0 Å². The maximum atomic E-state index is 8.66. The minimum atomic E-state index is 0.151. The summed E-state index contributed by atoms with van der Waals surface area (Å²) in [6.45, 7) is 8.85. The molecule has 1 aromatic carbocycles. The molecule has 5 nitrogen and oxygen atoms in total. The lowest BCUT2D eigenvalue weighted by Gasteiger charge is -2.39. The number of rotatable bonds is 4. The smallest absolute Gasteiger partial charge is 0.170 e. The predicted molar refractivity (Wildman–Crippen MR) is 82.5 cm³/mol. The summed E-state index contributed by atoms with van der Waals surface area (Å²) in [5.74, 6) is 0.151. The Balaban J connectivity index is 1.97. The van der Waals surface area contributed by atoms with Gasteiger partial charge >= 0.3 is 0 Å². The van der Waals surface area contributed by atoms with Crippen LogP contribution in [0.3, 0.4) is 0 Å². The molecule has 1 saturated heterocycles. The van der Waals surface area contributed by atoms with Crippen molar-refractivity contribution in [3.63, 3.8) is 0 Å². The highest BCUT2D eigenvalue weighted by Gasteiger charge is 2.20. The van der Waals surface area contributed by atoms with Gasteiger partial charge in [-0.15, -0.1) is 0 Å². The first-order valence-electron chi connectivity index (χ1n) is 7.22. The fraction of sp³-hybridized carbons (Fsp3) is 0.533. The van der Waals surface area contributed by atoms with E-state index in [0.717, 1.165) is 31.7 Å². The maximum Gasteiger partial charge on any atom is 0.170 e. The van der Waals surface area contributed by atoms with Crippen LogP contribution in [0.25, 0.3) is 0 Å². The Bertz CT molecular complexity index is 449. The highest BCUT2D eigenvalue weighted by atomic mass is 16.4. The number of nitrogens with two attached hydrogens (primary N) is 1. The maximum absolute atomic E-state index is 8.66. The quantitative estimate of drug-likeness (QED) is 0.380. The van der Waals surface area contributed by atoms with Crippen LogP contribution < -0.4 is 10.6 Å². The van der Waals surface area contributed by atoms with E-state index in [0.29, 0.717) is 6.04 Å². The van der Waals surface area contributed by atoms with Crippen molar-refractivity contribution in [1.82, 2.24) is 4.90 Å². The Morgan fingerprint density at radius 2 is 1.85 bits per heavy atom. The molecule has 1 aliphatic rings. The van der Waals surface area contributed by atoms with E-state index < -0.39 is 0 Å². The molecular formula is C15H24N4O. The first kappa shape index (κ1) is 14.7. The standard InChI is InChI=1S/C15H24N4O/c1-3-12(2)18-8-10-19(11-9-18)14-6-4-13(5-7-14)15(16)17-20/h4-7,12,20H,3,8-11H2,1-2H3,(H2,16,17). The first-order valence-corrected chi connectivity index (χ1v) is 7.22. The molecule has 1 atom stereocenters. The van der Waals surface area contributed by atoms with Crippen LogP contribution in [0.5, 0.6) is 0 Å². The fourth-order valence-electron chi connectivity index (χ4n) is 2.58. The lowest BCUT2D eigenvalue weighted by molar-refractivity contribution is 0.193. The number of nitrogens with zero attached hydrogens (tertiary/aromatic N) is 3. The van der Waals surface area contributed by atoms with Crippen molar-refractivity contribution in [2.75, 3.05) is 31.1 Å². The second-order valence-corrected chi connectivity index (χ2v) is 5.31. The summed E-state index contributed by atoms with van der Waals surface area (Å²) in [6.07, 6.45) is 1.20. The second kappa shape index (κ2) is 6.61. The van der Waals surface area contributed by atoms with Crippen molar-refractivity contribution < 1.29 is 5.21 Å². The van der Waals surface area contributed by atoms with Gasteiger partial charge in [0, 0.05) is 43.5 Å². The molecule has 0 aromatic heterocycles. The molecule has 5 heteroatoms. The van der Waals surface area contributed by atoms with Crippen molar-refractivity contribution in [2.45, 2.75) is 26.3 Å². The van der Waals surface area contributed by atoms with Crippen LogP contribution in [0.1, 0.15) is 25.8 Å². The lowest BCUT2D eigenvalue weighted by Crippen LogP contribution is -2.49. The van der Waals surface area contributed by atoms with Gasteiger partial charge in [0.2, 0.25) is 0 Å². The van der Waals surface area contributed by atoms with Crippen molar-refractivity contribution in [2.24, 2.45) is 10.9 Å². The number of amidine groups is 1. The van der Waals surface area contributed by atoms with Gasteiger partial charge in [-0.25, -0.2) is 0 Å². The van der Waals surface area contributed by atoms with E-state index in [2.05, 4.69) is 28.8 Å². The third-order valence-electron chi connectivity index (χ3n) is 4.16. The molecule has 3 N–H and O–H groups in total. The van der Waals surface area contributed by atoms with Crippen molar-refractivity contribution >= 4 is 11.5 Å². The van der Waals surface area contributed by atoms with Crippen molar-refractivity contribution in [3.8, 4) is 0 Å². The normalized spacial score (nSPS) is 19.1. The molecule has 110 valence electrons. The summed E-state index contributed by atoms with van der Waals surface area (Å²) >= 11 is 0. The first-order chi connectivity index (χ1) is 9.65. The van der Waals surface area contributed by atoms with E-state index in [1.165, 1.54) is 12.1 Å². The molecule has 0 aliphatic carbocycles. The van der Waals surface area contributed by atoms with Crippen LogP contribution in [-0.4, -0.2) is 48.2 Å². The molecular weight excluding hydrogens is 252 g/mol. The predicted octanol–water partition coefficient (Wildman–Crippen LogP) is 1.70. The zero-order chi connectivity index (χ0) is 14.5. The van der Waals surface area contributed by atoms with E-state index in [4.69, 9.17) is 10.9 Å². The molecule has 0 saturated carbocycles. The lowest BCUT2D eigenvalue weighted by atomic mass is 10.1. The molecule has 20 heavy (non-hydrogen) atoms. The van der Waals surface area contributed by atoms with E-state index in [9.17, 15) is 0 Å². The van der Waals surface area contributed by atoms with E-state index >= 15 is 0 Å². The molecule has 1 aromatic rings. The zero-order valence-electron chi connectivity index (χ0n) is 12.3. The average Bonchev–Trinajstić information content (AvgIpc) is 2.53. The van der Waals surface area contributed by atoms with E-state index in [-0.39, 0.29) is 5.84 Å². The summed E-state index contributed by atoms with van der Waals surface area (Å²) < 4.78 is 0. The fourth-order valence-corrected chi connectivity index (χ4v) is 2.58. The summed E-state index contributed by atoms with van der Waals surface area (Å²) in [5, 5.41) is 11.7. The third kappa shape index (κ3) is 3.22. The minimum Gasteiger partial charge on any atom is -0.409 e. The van der Waals surface area contributed by atoms with Gasteiger partial charge in [-0.05, 0) is 37.6 Å². The third-order valence-corrected chi connectivity index (χ3v) is 4.16. The Morgan fingerprint density at radius 3 is 2.35 bits per heavy atom. The Morgan fingerprint density at radius 1 is 1.25 bits per heavy atom. The molecule has 1 unspecified atom stereocenters. The number of benzene rings is 1. The van der Waals surface area contributed by atoms with Crippen LogP contribution in [0, 0.1) is 0 Å². The zero-order valence-corrected chi connectivity index (χ0v) is 12.3. The van der Waals surface area contributed by atoms with Gasteiger partial charge in [0.15, 0.2) is 5.84 Å². The Hall–Kier alpha value is -1.75. The van der Waals surface area contributed by atoms with Gasteiger partial charge in [-0.1, -0.05) is 12.1 Å². The molecule has 0 spiro atoms. The largest absolute Gasteiger partial charge is 0.409 e. The number of oxime groups is 1. The van der Waals surface area contributed by atoms with Crippen LogP contribution in [0.2, 0.25) is 0 Å². The van der Waals surface area contributed by atoms with Gasteiger partial charge in [-0.2, -0.15) is 0 Å². The second-order valence-electron chi connectivity index (χ2n) is 5.31. The molecule has 0 radical (unpaired) electrons. The van der Waals surface area contributed by atoms with Gasteiger partial charge in [0.1, 0.15) is 0 Å². The Labute approximate surface area is 120 Å². The van der Waals surface area contributed by atoms with Crippen LogP contribution in [0.4, 0.5) is 5.69 Å². The van der Waals surface area contributed by atoms with Crippen LogP contribution in [-0.2, 0) is 0 Å². The molecule has 1 fully saturated rings. The summed E-state index contributed by atoms with van der Waals surface area (Å²) in [5.41, 5.74) is 7.51. The topological polar surface area (TPSA) is 65.1 Å². The number of hydrogen-bond acceptors (Lipinski definition) is 4. The van der Waals surface area contributed by atoms with Crippen molar-refractivity contribution in [1.29, 1.82) is 0 Å². The molecule has 1 heterocycles. The number of anilines is 1. The minimum absolute atomic E-state index is 0.151. The van der Waals surface area contributed by atoms with Gasteiger partial charge in [0.25, 0.3) is 0 Å². The SMILES string of the molecule is CCC(C)N1CCN(c2ccc(C(N)=NO)cc2)CC1. The average molecular weight is 276 g/mol.